The maximum Gasteiger partial charge on any atom is 0 e. The fraction of sp³-hybridized carbons (Fsp3) is 0.600. The first-order valence-electron chi connectivity index (χ1n) is 3.75. The van der Waals surface area contributed by atoms with Crippen molar-refractivity contribution in [2.45, 2.75) is 34.6 Å². The van der Waals surface area contributed by atoms with Gasteiger partial charge in [0, 0.05) is 26.2 Å². The largest absolute Gasteiger partial charge is 0.263 e. The second kappa shape index (κ2) is 8.39. The average Bonchev–Trinajstić information content (AvgIpc) is 1.95. The van der Waals surface area contributed by atoms with Crippen LogP contribution in [0.2, 0.25) is 0 Å². The van der Waals surface area contributed by atoms with Crippen molar-refractivity contribution in [2.24, 2.45) is 5.41 Å². The Bertz CT molecular complexity index is 230. The van der Waals surface area contributed by atoms with Gasteiger partial charge in [-0.05, 0) is 0 Å². The summed E-state index contributed by atoms with van der Waals surface area (Å²) in [5.41, 5.74) is 4.39. The zero-order chi connectivity index (χ0) is 7.94. The number of hydrogen-bond donors (Lipinski definition) is 0. The Labute approximate surface area is 125 Å². The van der Waals surface area contributed by atoms with Gasteiger partial charge >= 0.3 is 0 Å². The monoisotopic (exact) mass is 333 g/mol. The molecule has 0 fully saturated rings. The van der Waals surface area contributed by atoms with E-state index in [1.54, 1.807) is 0 Å². The molecule has 0 heterocycles. The Morgan fingerprint density at radius 2 is 1.29 bits per heavy atom. The van der Waals surface area contributed by atoms with E-state index in [2.05, 4.69) is 40.7 Å². The summed E-state index contributed by atoms with van der Waals surface area (Å²) < 4.78 is 0. The van der Waals surface area contributed by atoms with Crippen molar-refractivity contribution in [3.63, 3.8) is 0 Å². The second-order valence-electron chi connectivity index (χ2n) is 3.62. The van der Waals surface area contributed by atoms with Crippen molar-refractivity contribution in [1.29, 1.82) is 0 Å². The van der Waals surface area contributed by atoms with Crippen molar-refractivity contribution in [3.8, 4) is 0 Å². The Kier molecular flexibility index (Phi) is 14.7. The molecule has 0 spiro atoms. The van der Waals surface area contributed by atoms with Gasteiger partial charge in [-0.1, -0.05) is 33.1 Å². The fourth-order valence-electron chi connectivity index (χ4n) is 1.41. The molecule has 84 valence electrons. The summed E-state index contributed by atoms with van der Waals surface area (Å²) in [6.07, 6.45) is 3.44. The van der Waals surface area contributed by atoms with Gasteiger partial charge in [-0.15, -0.1) is 44.1 Å². The van der Waals surface area contributed by atoms with E-state index >= 15 is 0 Å². The molecule has 0 aromatic rings. The van der Waals surface area contributed by atoms with Crippen LogP contribution in [0.25, 0.3) is 0 Å². The number of allylic oxidation sites excluding steroid dienone is 4. The maximum atomic E-state index is 3.44. The van der Waals surface area contributed by atoms with Crippen LogP contribution in [0.1, 0.15) is 34.6 Å². The second-order valence-corrected chi connectivity index (χ2v) is 3.62. The summed E-state index contributed by atoms with van der Waals surface area (Å²) in [7, 11) is 0. The molecule has 0 unspecified atom stereocenters. The predicted molar refractivity (Wildman–Crippen MR) is 66.3 cm³/mol. The van der Waals surface area contributed by atoms with Crippen LogP contribution in [-0.2, 0) is 26.2 Å². The Hall–Kier alpha value is 1.23. The smallest absolute Gasteiger partial charge is 0 e. The zero-order valence-electron chi connectivity index (χ0n) is 9.22. The molecule has 0 saturated carbocycles. The average molecular weight is 336 g/mol. The van der Waals surface area contributed by atoms with Gasteiger partial charge in [0.25, 0.3) is 0 Å². The molecule has 14 heavy (non-hydrogen) atoms. The molecule has 0 atom stereocenters. The third-order valence-corrected chi connectivity index (χ3v) is 2.56. The third-order valence-electron chi connectivity index (χ3n) is 2.56. The van der Waals surface area contributed by atoms with Crippen LogP contribution in [-0.4, -0.2) is 0 Å². The molecular weight excluding hydrogens is 318 g/mol. The minimum atomic E-state index is 0. The molecule has 0 radical (unpaired) electrons. The standard InChI is InChI=1S/C10H15.3ClH.Zr/c1-7-6-10(4,5)9(3)8(7)2;;;;/h1-5H3;3*1H;/q-1;;;;. The molecule has 0 bridgehead atoms. The van der Waals surface area contributed by atoms with Crippen LogP contribution < -0.4 is 0 Å². The predicted octanol–water partition coefficient (Wildman–Crippen LogP) is 4.37. The van der Waals surface area contributed by atoms with E-state index in [9.17, 15) is 0 Å². The van der Waals surface area contributed by atoms with E-state index in [1.807, 2.05) is 0 Å². The molecule has 0 aromatic heterocycles. The Morgan fingerprint density at radius 1 is 0.929 bits per heavy atom. The van der Waals surface area contributed by atoms with E-state index in [0.717, 1.165) is 0 Å². The van der Waals surface area contributed by atoms with Crippen LogP contribution in [0.5, 0.6) is 0 Å². The van der Waals surface area contributed by atoms with E-state index in [-0.39, 0.29) is 68.8 Å². The van der Waals surface area contributed by atoms with E-state index in [0.29, 0.717) is 0 Å². The van der Waals surface area contributed by atoms with Gasteiger partial charge in [0.2, 0.25) is 0 Å². The number of hydrogen-bond acceptors (Lipinski definition) is 0. The minimum Gasteiger partial charge on any atom is -0.263 e. The van der Waals surface area contributed by atoms with Crippen molar-refractivity contribution in [2.75, 3.05) is 0 Å². The first kappa shape index (κ1) is 24.5. The number of halogens is 3. The van der Waals surface area contributed by atoms with Crippen LogP contribution >= 0.6 is 37.2 Å². The normalized spacial score (nSPS) is 16.8. The Morgan fingerprint density at radius 3 is 1.36 bits per heavy atom. The summed E-state index contributed by atoms with van der Waals surface area (Å²) in [5, 5.41) is 0. The van der Waals surface area contributed by atoms with Crippen LogP contribution in [0, 0.1) is 11.5 Å². The molecule has 1 aliphatic carbocycles. The zero-order valence-corrected chi connectivity index (χ0v) is 14.1. The molecule has 1 aliphatic rings. The summed E-state index contributed by atoms with van der Waals surface area (Å²) in [6, 6.07) is 0. The quantitative estimate of drug-likeness (QED) is 0.576. The summed E-state index contributed by atoms with van der Waals surface area (Å²) in [6.45, 7) is 10.9. The van der Waals surface area contributed by atoms with Crippen LogP contribution in [0.3, 0.4) is 0 Å². The molecule has 0 aliphatic heterocycles. The van der Waals surface area contributed by atoms with Crippen molar-refractivity contribution < 1.29 is 26.2 Å². The van der Waals surface area contributed by atoms with Crippen LogP contribution in [0.15, 0.2) is 16.7 Å². The van der Waals surface area contributed by atoms with Crippen molar-refractivity contribution in [3.05, 3.63) is 22.8 Å². The minimum absolute atomic E-state index is 0. The fourth-order valence-corrected chi connectivity index (χ4v) is 1.41. The van der Waals surface area contributed by atoms with Gasteiger partial charge in [0.15, 0.2) is 0 Å². The van der Waals surface area contributed by atoms with Crippen molar-refractivity contribution in [1.82, 2.24) is 0 Å². The van der Waals surface area contributed by atoms with Crippen molar-refractivity contribution >= 4 is 37.2 Å². The summed E-state index contributed by atoms with van der Waals surface area (Å²) in [5.74, 6) is 0. The van der Waals surface area contributed by atoms with Gasteiger partial charge < -0.3 is 0 Å². The molecule has 1 rings (SSSR count). The van der Waals surface area contributed by atoms with Gasteiger partial charge in [0.05, 0.1) is 0 Å². The molecular formula is C10H18Cl3Zr-. The molecule has 0 N–H and O–H groups in total. The van der Waals surface area contributed by atoms with Gasteiger partial charge in [-0.2, -0.15) is 11.1 Å². The topological polar surface area (TPSA) is 0 Å². The molecule has 0 amide bonds. The van der Waals surface area contributed by atoms with E-state index in [4.69, 9.17) is 0 Å². The SMILES string of the molecule is CC1=[C-]C(C)(C)C(C)=C1C.Cl.Cl.Cl.[Zr]. The summed E-state index contributed by atoms with van der Waals surface area (Å²) >= 11 is 0. The van der Waals surface area contributed by atoms with Gasteiger partial charge in [-0.25, -0.2) is 5.57 Å². The first-order valence-corrected chi connectivity index (χ1v) is 3.75. The Balaban J connectivity index is -0.000000125. The first-order chi connectivity index (χ1) is 4.45. The third kappa shape index (κ3) is 4.84. The van der Waals surface area contributed by atoms with E-state index < -0.39 is 0 Å². The molecule has 0 aromatic carbocycles. The van der Waals surface area contributed by atoms with Gasteiger partial charge in [0.1, 0.15) is 0 Å². The van der Waals surface area contributed by atoms with E-state index in [1.165, 1.54) is 16.7 Å². The molecule has 0 saturated heterocycles. The molecule has 4 heteroatoms. The summed E-state index contributed by atoms with van der Waals surface area (Å²) in [4.78, 5) is 0. The molecule has 0 nitrogen and oxygen atoms in total. The number of rotatable bonds is 0. The maximum absolute atomic E-state index is 3.44. The van der Waals surface area contributed by atoms with Gasteiger partial charge in [-0.3, -0.25) is 6.08 Å². The van der Waals surface area contributed by atoms with Crippen LogP contribution in [0.4, 0.5) is 0 Å².